The van der Waals surface area contributed by atoms with Gasteiger partial charge < -0.3 is 19.9 Å². The Morgan fingerprint density at radius 1 is 1.32 bits per heavy atom. The first kappa shape index (κ1) is 14.8. The fourth-order valence-electron chi connectivity index (χ4n) is 2.56. The number of aromatic amines is 1. The Kier molecular flexibility index (Phi) is 4.26. The van der Waals surface area contributed by atoms with E-state index in [4.69, 9.17) is 19.9 Å². The Balaban J connectivity index is 1.82. The Bertz CT molecular complexity index is 637. The van der Waals surface area contributed by atoms with Crippen LogP contribution >= 0.6 is 0 Å². The van der Waals surface area contributed by atoms with Gasteiger partial charge in [-0.1, -0.05) is 6.07 Å². The fraction of sp³-hybridized carbons (Fsp3) is 0.467. The van der Waals surface area contributed by atoms with E-state index in [1.54, 1.807) is 14.2 Å². The second-order valence-electron chi connectivity index (χ2n) is 5.17. The second-order valence-corrected chi connectivity index (χ2v) is 5.17. The van der Waals surface area contributed by atoms with Crippen LogP contribution in [0.4, 0.5) is 0 Å². The van der Waals surface area contributed by atoms with Gasteiger partial charge >= 0.3 is 0 Å². The molecule has 2 atom stereocenters. The van der Waals surface area contributed by atoms with Crippen LogP contribution in [0.25, 0.3) is 0 Å². The zero-order valence-electron chi connectivity index (χ0n) is 12.7. The van der Waals surface area contributed by atoms with Gasteiger partial charge in [0.2, 0.25) is 0 Å². The van der Waals surface area contributed by atoms with Gasteiger partial charge in [-0.2, -0.15) is 5.10 Å². The van der Waals surface area contributed by atoms with Crippen molar-refractivity contribution in [2.75, 3.05) is 20.8 Å². The number of H-pyrrole nitrogens is 1. The molecule has 2 aromatic rings. The third-order valence-electron chi connectivity index (χ3n) is 3.80. The Labute approximate surface area is 128 Å². The summed E-state index contributed by atoms with van der Waals surface area (Å²) in [4.78, 5) is 4.48. The van der Waals surface area contributed by atoms with Crippen LogP contribution < -0.4 is 15.2 Å². The lowest BCUT2D eigenvalue weighted by atomic mass is 10.1. The first-order valence-electron chi connectivity index (χ1n) is 7.24. The van der Waals surface area contributed by atoms with Crippen molar-refractivity contribution in [2.24, 2.45) is 5.73 Å². The average Bonchev–Trinajstić information content (AvgIpc) is 3.24. The van der Waals surface area contributed by atoms with E-state index in [9.17, 15) is 0 Å². The molecule has 0 bridgehead atoms. The van der Waals surface area contributed by atoms with E-state index in [0.29, 0.717) is 17.3 Å². The Morgan fingerprint density at radius 2 is 2.14 bits per heavy atom. The Hall–Kier alpha value is -2.12. The molecule has 0 saturated carbocycles. The summed E-state index contributed by atoms with van der Waals surface area (Å²) in [5.74, 6) is 2.57. The lowest BCUT2D eigenvalue weighted by molar-refractivity contribution is 0.105. The highest BCUT2D eigenvalue weighted by molar-refractivity contribution is 5.44. The molecule has 2 heterocycles. The lowest BCUT2D eigenvalue weighted by Gasteiger charge is -2.12. The second kappa shape index (κ2) is 6.33. The molecule has 1 saturated heterocycles. The van der Waals surface area contributed by atoms with Crippen LogP contribution in [0.1, 0.15) is 42.2 Å². The van der Waals surface area contributed by atoms with E-state index in [1.165, 1.54) is 0 Å². The quantitative estimate of drug-likeness (QED) is 0.873. The van der Waals surface area contributed by atoms with Gasteiger partial charge in [0.15, 0.2) is 23.1 Å². The first-order chi connectivity index (χ1) is 10.7. The van der Waals surface area contributed by atoms with Gasteiger partial charge in [-0.15, -0.1) is 0 Å². The molecule has 1 aliphatic rings. The van der Waals surface area contributed by atoms with Gasteiger partial charge in [-0.25, -0.2) is 4.98 Å². The molecule has 1 aliphatic heterocycles. The van der Waals surface area contributed by atoms with Crippen molar-refractivity contribution in [3.8, 4) is 11.5 Å². The summed E-state index contributed by atoms with van der Waals surface area (Å²) >= 11 is 0. The number of ether oxygens (including phenoxy) is 3. The van der Waals surface area contributed by atoms with Crippen LogP contribution in [0, 0.1) is 0 Å². The number of hydrogen-bond acceptors (Lipinski definition) is 6. The number of methoxy groups -OCH3 is 2. The minimum atomic E-state index is -0.439. The summed E-state index contributed by atoms with van der Waals surface area (Å²) in [6, 6.07) is 5.10. The monoisotopic (exact) mass is 304 g/mol. The van der Waals surface area contributed by atoms with E-state index < -0.39 is 6.04 Å². The molecule has 22 heavy (non-hydrogen) atoms. The van der Waals surface area contributed by atoms with Crippen molar-refractivity contribution in [1.29, 1.82) is 0 Å². The zero-order valence-corrected chi connectivity index (χ0v) is 12.7. The third kappa shape index (κ3) is 2.77. The average molecular weight is 304 g/mol. The van der Waals surface area contributed by atoms with Crippen LogP contribution in [0.5, 0.6) is 11.5 Å². The van der Waals surface area contributed by atoms with Gasteiger partial charge in [-0.3, -0.25) is 5.10 Å². The maximum absolute atomic E-state index is 6.26. The standard InChI is InChI=1S/C15H20N4O3/c1-20-10-6-5-9(8-12(10)21-2)13(16)15-17-14(18-19-15)11-4-3-7-22-11/h5-6,8,11,13H,3-4,7,16H2,1-2H3,(H,17,18,19)/t11-,13-/m1/s1. The molecular formula is C15H20N4O3. The van der Waals surface area contributed by atoms with Gasteiger partial charge in [0.05, 0.1) is 20.3 Å². The number of rotatable bonds is 5. The maximum atomic E-state index is 6.26. The number of aromatic nitrogens is 3. The Morgan fingerprint density at radius 3 is 2.82 bits per heavy atom. The van der Waals surface area contributed by atoms with Gasteiger partial charge in [-0.05, 0) is 30.5 Å². The van der Waals surface area contributed by atoms with Crippen molar-refractivity contribution >= 4 is 0 Å². The summed E-state index contributed by atoms with van der Waals surface area (Å²) in [7, 11) is 3.19. The van der Waals surface area contributed by atoms with Crippen LogP contribution in [-0.2, 0) is 4.74 Å². The normalized spacial score (nSPS) is 19.1. The van der Waals surface area contributed by atoms with Crippen molar-refractivity contribution in [1.82, 2.24) is 15.2 Å². The third-order valence-corrected chi connectivity index (χ3v) is 3.80. The molecule has 3 N–H and O–H groups in total. The predicted molar refractivity (Wildman–Crippen MR) is 79.9 cm³/mol. The number of nitrogens with one attached hydrogen (secondary N) is 1. The highest BCUT2D eigenvalue weighted by atomic mass is 16.5. The molecule has 0 amide bonds. The lowest BCUT2D eigenvalue weighted by Crippen LogP contribution is -2.14. The maximum Gasteiger partial charge on any atom is 0.171 e. The number of hydrogen-bond donors (Lipinski definition) is 2. The molecule has 1 aromatic carbocycles. The molecule has 3 rings (SSSR count). The minimum Gasteiger partial charge on any atom is -0.493 e. The largest absolute Gasteiger partial charge is 0.493 e. The van der Waals surface area contributed by atoms with Gasteiger partial charge in [0, 0.05) is 6.61 Å². The van der Waals surface area contributed by atoms with E-state index in [-0.39, 0.29) is 6.10 Å². The van der Waals surface area contributed by atoms with E-state index >= 15 is 0 Å². The summed E-state index contributed by atoms with van der Waals surface area (Å²) in [6.45, 7) is 0.766. The van der Waals surface area contributed by atoms with E-state index in [2.05, 4.69) is 15.2 Å². The van der Waals surface area contributed by atoms with Crippen molar-refractivity contribution in [2.45, 2.75) is 25.0 Å². The summed E-state index contributed by atoms with van der Waals surface area (Å²) in [5, 5.41) is 7.15. The van der Waals surface area contributed by atoms with Crippen LogP contribution in [0.15, 0.2) is 18.2 Å². The SMILES string of the molecule is COc1ccc([C@@H](N)c2n[nH]c([C@H]3CCCO3)n2)cc1OC. The zero-order chi connectivity index (χ0) is 15.5. The smallest absolute Gasteiger partial charge is 0.171 e. The van der Waals surface area contributed by atoms with Crippen molar-refractivity contribution in [3.63, 3.8) is 0 Å². The van der Waals surface area contributed by atoms with Gasteiger partial charge in [0.1, 0.15) is 6.10 Å². The molecule has 1 aromatic heterocycles. The van der Waals surface area contributed by atoms with Crippen LogP contribution in [-0.4, -0.2) is 36.0 Å². The fourth-order valence-corrected chi connectivity index (χ4v) is 2.56. The van der Waals surface area contributed by atoms with Crippen molar-refractivity contribution < 1.29 is 14.2 Å². The summed E-state index contributed by atoms with van der Waals surface area (Å²) in [5.41, 5.74) is 7.12. The number of nitrogens with two attached hydrogens (primary N) is 1. The molecular weight excluding hydrogens is 284 g/mol. The molecule has 0 aliphatic carbocycles. The molecule has 0 unspecified atom stereocenters. The highest BCUT2D eigenvalue weighted by Crippen LogP contribution is 2.31. The minimum absolute atomic E-state index is 0.00106. The molecule has 1 fully saturated rings. The molecule has 118 valence electrons. The molecule has 7 nitrogen and oxygen atoms in total. The highest BCUT2D eigenvalue weighted by Gasteiger charge is 2.23. The van der Waals surface area contributed by atoms with Crippen LogP contribution in [0.2, 0.25) is 0 Å². The molecule has 0 radical (unpaired) electrons. The van der Waals surface area contributed by atoms with Crippen LogP contribution in [0.3, 0.4) is 0 Å². The number of benzene rings is 1. The summed E-state index contributed by atoms with van der Waals surface area (Å²) < 4.78 is 16.1. The molecule has 0 spiro atoms. The van der Waals surface area contributed by atoms with E-state index in [1.807, 2.05) is 18.2 Å². The number of nitrogens with zero attached hydrogens (tertiary/aromatic N) is 2. The molecule has 7 heteroatoms. The van der Waals surface area contributed by atoms with Crippen molar-refractivity contribution in [3.05, 3.63) is 35.4 Å². The van der Waals surface area contributed by atoms with Gasteiger partial charge in [0.25, 0.3) is 0 Å². The summed E-state index contributed by atoms with van der Waals surface area (Å²) in [6.07, 6.45) is 2.00. The topological polar surface area (TPSA) is 95.3 Å². The predicted octanol–water partition coefficient (Wildman–Crippen LogP) is 1.72. The van der Waals surface area contributed by atoms with E-state index in [0.717, 1.165) is 30.8 Å². The first-order valence-corrected chi connectivity index (χ1v) is 7.24.